The van der Waals surface area contributed by atoms with Crippen LogP contribution in [0.4, 0.5) is 23.2 Å². The number of amides is 2. The third kappa shape index (κ3) is 1.59. The van der Waals surface area contributed by atoms with Crippen LogP contribution >= 0.6 is 0 Å². The number of hydrogen-bond acceptors (Lipinski definition) is 2. The zero-order valence-electron chi connectivity index (χ0n) is 8.93. The lowest BCUT2D eigenvalue weighted by atomic mass is 10.2. The van der Waals surface area contributed by atoms with Crippen molar-refractivity contribution < 1.29 is 27.2 Å². The van der Waals surface area contributed by atoms with Crippen molar-refractivity contribution in [2.24, 2.45) is 0 Å². The summed E-state index contributed by atoms with van der Waals surface area (Å²) in [6.45, 7) is 1.24. The number of nitrogens with zero attached hydrogens (tertiary/aromatic N) is 1. The number of carbonyl (C=O) groups is 2. The van der Waals surface area contributed by atoms with Gasteiger partial charge in [0, 0.05) is 17.7 Å². The number of carbonyl (C=O) groups excluding carboxylic acids is 2. The number of halogens is 4. The molecular weight excluding hydrogens is 254 g/mol. The summed E-state index contributed by atoms with van der Waals surface area (Å²) >= 11 is 0. The average molecular weight is 259 g/mol. The topological polar surface area (TPSA) is 37.4 Å². The third-order valence-corrected chi connectivity index (χ3v) is 2.41. The van der Waals surface area contributed by atoms with E-state index in [4.69, 9.17) is 0 Å². The molecule has 1 heterocycles. The van der Waals surface area contributed by atoms with Gasteiger partial charge in [-0.15, -0.1) is 0 Å². The van der Waals surface area contributed by atoms with Crippen LogP contribution in [0.5, 0.6) is 0 Å². The van der Waals surface area contributed by atoms with Gasteiger partial charge >= 0.3 is 0 Å². The van der Waals surface area contributed by atoms with Gasteiger partial charge in [0.2, 0.25) is 0 Å². The molecule has 7 heteroatoms. The molecule has 0 N–H and O–H groups in total. The number of rotatable bonds is 1. The van der Waals surface area contributed by atoms with Gasteiger partial charge in [-0.05, 0) is 6.92 Å². The Balaban J connectivity index is 2.67. The molecule has 0 saturated carbocycles. The monoisotopic (exact) mass is 259 g/mol. The number of hydrogen-bond donors (Lipinski definition) is 0. The maximum absolute atomic E-state index is 13.4. The minimum Gasteiger partial charge on any atom is -0.269 e. The maximum Gasteiger partial charge on any atom is 0.261 e. The molecule has 0 atom stereocenters. The van der Waals surface area contributed by atoms with Crippen molar-refractivity contribution in [3.63, 3.8) is 0 Å². The molecule has 0 unspecified atom stereocenters. The zero-order valence-corrected chi connectivity index (χ0v) is 8.93. The van der Waals surface area contributed by atoms with Crippen LogP contribution in [-0.4, -0.2) is 11.8 Å². The number of anilines is 1. The van der Waals surface area contributed by atoms with Crippen molar-refractivity contribution in [2.75, 3.05) is 4.90 Å². The van der Waals surface area contributed by atoms with Gasteiger partial charge in [0.25, 0.3) is 11.8 Å². The Morgan fingerprint density at radius 3 is 1.89 bits per heavy atom. The van der Waals surface area contributed by atoms with Gasteiger partial charge in [0.1, 0.15) is 5.69 Å². The highest BCUT2D eigenvalue weighted by molar-refractivity contribution is 6.30. The Hall–Kier alpha value is -2.18. The molecule has 2 rings (SSSR count). The first-order valence-corrected chi connectivity index (χ1v) is 4.74. The summed E-state index contributed by atoms with van der Waals surface area (Å²) < 4.78 is 52.8. The minimum absolute atomic E-state index is 0.000520. The second-order valence-corrected chi connectivity index (χ2v) is 3.62. The molecule has 1 aliphatic rings. The van der Waals surface area contributed by atoms with E-state index in [0.717, 1.165) is 6.08 Å². The lowest BCUT2D eigenvalue weighted by molar-refractivity contribution is -0.120. The van der Waals surface area contributed by atoms with Gasteiger partial charge in [0.05, 0.1) is 0 Å². The van der Waals surface area contributed by atoms with E-state index in [-0.39, 0.29) is 16.5 Å². The van der Waals surface area contributed by atoms with Crippen LogP contribution < -0.4 is 4.90 Å². The van der Waals surface area contributed by atoms with Crippen LogP contribution in [0.1, 0.15) is 6.92 Å². The van der Waals surface area contributed by atoms with Crippen molar-refractivity contribution in [3.05, 3.63) is 41.0 Å². The minimum atomic E-state index is -1.79. The maximum atomic E-state index is 13.4. The molecule has 2 amide bonds. The van der Waals surface area contributed by atoms with E-state index in [2.05, 4.69) is 0 Å². The van der Waals surface area contributed by atoms with Gasteiger partial charge in [-0.2, -0.15) is 0 Å². The van der Waals surface area contributed by atoms with Gasteiger partial charge < -0.3 is 0 Å². The fourth-order valence-corrected chi connectivity index (χ4v) is 1.56. The third-order valence-electron chi connectivity index (χ3n) is 2.41. The molecule has 3 nitrogen and oxygen atoms in total. The van der Waals surface area contributed by atoms with Crippen LogP contribution in [0, 0.1) is 23.3 Å². The van der Waals surface area contributed by atoms with Gasteiger partial charge in [0.15, 0.2) is 23.3 Å². The van der Waals surface area contributed by atoms with Crippen molar-refractivity contribution in [2.45, 2.75) is 6.92 Å². The van der Waals surface area contributed by atoms with Crippen molar-refractivity contribution >= 4 is 17.5 Å². The molecule has 0 bridgehead atoms. The fraction of sp³-hybridized carbons (Fsp3) is 0.0909. The summed E-state index contributed by atoms with van der Waals surface area (Å²) in [5.41, 5.74) is -1.42. The number of imide groups is 1. The van der Waals surface area contributed by atoms with Crippen molar-refractivity contribution in [1.29, 1.82) is 0 Å². The smallest absolute Gasteiger partial charge is 0.261 e. The molecule has 94 valence electrons. The molecule has 0 fully saturated rings. The highest BCUT2D eigenvalue weighted by atomic mass is 19.2. The molecule has 0 aliphatic carbocycles. The summed E-state index contributed by atoms with van der Waals surface area (Å²) in [4.78, 5) is 22.9. The number of benzene rings is 1. The van der Waals surface area contributed by atoms with E-state index >= 15 is 0 Å². The molecule has 0 aromatic heterocycles. The van der Waals surface area contributed by atoms with E-state index in [0.29, 0.717) is 0 Å². The Morgan fingerprint density at radius 1 is 1.00 bits per heavy atom. The van der Waals surface area contributed by atoms with Crippen molar-refractivity contribution in [3.8, 4) is 0 Å². The van der Waals surface area contributed by atoms with Crippen LogP contribution in [0.2, 0.25) is 0 Å². The zero-order chi connectivity index (χ0) is 13.6. The molecule has 1 aromatic rings. The van der Waals surface area contributed by atoms with E-state index in [1.54, 1.807) is 0 Å². The highest BCUT2D eigenvalue weighted by Crippen LogP contribution is 2.31. The molecule has 1 aliphatic heterocycles. The summed E-state index contributed by atoms with van der Waals surface area (Å²) in [5.74, 6) is -9.04. The van der Waals surface area contributed by atoms with Crippen LogP contribution in [0.15, 0.2) is 17.7 Å². The molecular formula is C11H5F4NO2. The molecule has 1 aromatic carbocycles. The van der Waals surface area contributed by atoms with Gasteiger partial charge in [-0.3, -0.25) is 9.59 Å². The first-order chi connectivity index (χ1) is 8.34. The average Bonchev–Trinajstić information content (AvgIpc) is 2.53. The van der Waals surface area contributed by atoms with Crippen molar-refractivity contribution in [1.82, 2.24) is 0 Å². The highest BCUT2D eigenvalue weighted by Gasteiger charge is 2.36. The normalized spacial score (nSPS) is 15.4. The lowest BCUT2D eigenvalue weighted by Crippen LogP contribution is -2.32. The van der Waals surface area contributed by atoms with E-state index in [1.807, 2.05) is 0 Å². The second kappa shape index (κ2) is 3.94. The van der Waals surface area contributed by atoms with E-state index in [9.17, 15) is 27.2 Å². The predicted octanol–water partition coefficient (Wildman–Crippen LogP) is 2.06. The fourth-order valence-electron chi connectivity index (χ4n) is 1.56. The molecule has 0 saturated heterocycles. The van der Waals surface area contributed by atoms with Crippen LogP contribution in [0.3, 0.4) is 0 Å². The first-order valence-electron chi connectivity index (χ1n) is 4.74. The summed E-state index contributed by atoms with van der Waals surface area (Å²) in [5, 5.41) is 0. The SMILES string of the molecule is CC1=CC(=O)N(c2c(F)c(F)cc(F)c2F)C1=O. The van der Waals surface area contributed by atoms with Crippen LogP contribution in [0.25, 0.3) is 0 Å². The Bertz CT molecular complexity index is 583. The molecule has 0 radical (unpaired) electrons. The quantitative estimate of drug-likeness (QED) is 0.440. The van der Waals surface area contributed by atoms with E-state index in [1.165, 1.54) is 6.92 Å². The lowest BCUT2D eigenvalue weighted by Gasteiger charge is -2.16. The molecule has 0 spiro atoms. The Kier molecular flexibility index (Phi) is 2.68. The summed E-state index contributed by atoms with van der Waals surface area (Å²) in [6.07, 6.45) is 0.823. The Morgan fingerprint density at radius 2 is 1.50 bits per heavy atom. The van der Waals surface area contributed by atoms with Gasteiger partial charge in [-0.25, -0.2) is 22.5 Å². The first kappa shape index (κ1) is 12.3. The largest absolute Gasteiger partial charge is 0.269 e. The molecule has 18 heavy (non-hydrogen) atoms. The summed E-state index contributed by atoms with van der Waals surface area (Å²) in [7, 11) is 0. The van der Waals surface area contributed by atoms with Crippen LogP contribution in [-0.2, 0) is 9.59 Å². The van der Waals surface area contributed by atoms with E-state index < -0.39 is 40.8 Å². The summed E-state index contributed by atoms with van der Waals surface area (Å²) in [6, 6.07) is -0.000520. The Labute approximate surface area is 98.3 Å². The predicted molar refractivity (Wildman–Crippen MR) is 52.5 cm³/mol. The van der Waals surface area contributed by atoms with Gasteiger partial charge in [-0.1, -0.05) is 0 Å². The standard InChI is InChI=1S/C11H5F4NO2/c1-4-2-7(17)16(11(4)18)10-8(14)5(12)3-6(13)9(10)15/h2-3H,1H3. The second-order valence-electron chi connectivity index (χ2n) is 3.62.